The number of carbonyl (C=O) groups excluding carboxylic acids is 4. The van der Waals surface area contributed by atoms with Crippen molar-refractivity contribution in [1.29, 1.82) is 0 Å². The second-order valence-electron chi connectivity index (χ2n) is 27.1. The van der Waals surface area contributed by atoms with Gasteiger partial charge in [-0.15, -0.1) is 0 Å². The fraction of sp³-hybridized carbons (Fsp3) is 0.945. The number of phosphoric acid groups is 2. The van der Waals surface area contributed by atoms with E-state index in [2.05, 4.69) is 41.5 Å². The minimum absolute atomic E-state index is 0.103. The van der Waals surface area contributed by atoms with Crippen LogP contribution in [0.2, 0.25) is 0 Å². The number of esters is 4. The van der Waals surface area contributed by atoms with Crippen molar-refractivity contribution in [2.45, 2.75) is 394 Å². The molecule has 0 amide bonds. The lowest BCUT2D eigenvalue weighted by molar-refractivity contribution is -0.161. The quantitative estimate of drug-likeness (QED) is 0.0222. The summed E-state index contributed by atoms with van der Waals surface area (Å²) in [6.07, 6.45) is 51.7. The molecule has 0 bridgehead atoms. The molecule has 0 saturated carbocycles. The molecule has 17 nitrogen and oxygen atoms in total. The molecule has 19 heteroatoms. The van der Waals surface area contributed by atoms with Crippen molar-refractivity contribution < 1.29 is 80.2 Å². The normalized spacial score (nSPS) is 14.4. The second kappa shape index (κ2) is 65.0. The number of hydrogen-bond acceptors (Lipinski definition) is 15. The molecule has 3 N–H and O–H groups in total. The highest BCUT2D eigenvalue weighted by atomic mass is 31.2. The van der Waals surface area contributed by atoms with Gasteiger partial charge in [-0.05, 0) is 37.5 Å². The highest BCUT2D eigenvalue weighted by Crippen LogP contribution is 2.45. The average molecular weight is 1350 g/mol. The fourth-order valence-electron chi connectivity index (χ4n) is 11.1. The Morgan fingerprint density at radius 1 is 0.315 bits per heavy atom. The molecular formula is C73H142O17P2. The second-order valence-corrected chi connectivity index (χ2v) is 30.0. The van der Waals surface area contributed by atoms with Crippen LogP contribution in [-0.4, -0.2) is 96.7 Å². The van der Waals surface area contributed by atoms with Crippen molar-refractivity contribution >= 4 is 39.5 Å². The van der Waals surface area contributed by atoms with Gasteiger partial charge in [0.1, 0.15) is 19.3 Å². The maximum absolute atomic E-state index is 13.1. The van der Waals surface area contributed by atoms with E-state index in [9.17, 15) is 43.2 Å². The number of aliphatic hydroxyl groups is 1. The number of carbonyl (C=O) groups is 4. The molecule has 0 saturated heterocycles. The summed E-state index contributed by atoms with van der Waals surface area (Å²) >= 11 is 0. The summed E-state index contributed by atoms with van der Waals surface area (Å²) in [7, 11) is -9.90. The molecule has 0 aliphatic carbocycles. The van der Waals surface area contributed by atoms with Crippen molar-refractivity contribution in [3.8, 4) is 0 Å². The Bertz CT molecular complexity index is 1790. The first-order valence-electron chi connectivity index (χ1n) is 38.0. The first-order valence-corrected chi connectivity index (χ1v) is 41.0. The van der Waals surface area contributed by atoms with Crippen LogP contribution in [0.3, 0.4) is 0 Å². The van der Waals surface area contributed by atoms with E-state index in [1.165, 1.54) is 186 Å². The Labute approximate surface area is 562 Å². The molecule has 0 heterocycles. The Morgan fingerprint density at radius 3 is 0.826 bits per heavy atom. The summed E-state index contributed by atoms with van der Waals surface area (Å²) in [5.74, 6) is -0.654. The number of phosphoric ester groups is 2. The Hall–Kier alpha value is -1.94. The number of ether oxygens (including phenoxy) is 4. The predicted molar refractivity (Wildman–Crippen MR) is 372 cm³/mol. The van der Waals surface area contributed by atoms with Gasteiger partial charge in [-0.25, -0.2) is 9.13 Å². The highest BCUT2D eigenvalue weighted by molar-refractivity contribution is 7.47. The first-order chi connectivity index (χ1) is 44.4. The average Bonchev–Trinajstić information content (AvgIpc) is 3.60. The van der Waals surface area contributed by atoms with Gasteiger partial charge in [0.25, 0.3) is 0 Å². The van der Waals surface area contributed by atoms with Crippen LogP contribution in [0, 0.1) is 11.8 Å². The number of aliphatic hydroxyl groups excluding tert-OH is 1. The van der Waals surface area contributed by atoms with Gasteiger partial charge in [0.05, 0.1) is 26.4 Å². The van der Waals surface area contributed by atoms with Gasteiger partial charge < -0.3 is 33.8 Å². The van der Waals surface area contributed by atoms with Crippen molar-refractivity contribution in [1.82, 2.24) is 0 Å². The van der Waals surface area contributed by atoms with Crippen LogP contribution in [0.25, 0.3) is 0 Å². The Kier molecular flexibility index (Phi) is 63.7. The zero-order valence-corrected chi connectivity index (χ0v) is 61.6. The number of hydrogen-bond donors (Lipinski definition) is 3. The molecule has 6 atom stereocenters. The maximum Gasteiger partial charge on any atom is 0.472 e. The van der Waals surface area contributed by atoms with E-state index in [0.29, 0.717) is 31.6 Å². The third kappa shape index (κ3) is 65.4. The van der Waals surface area contributed by atoms with Gasteiger partial charge in [-0.3, -0.25) is 37.3 Å². The minimum atomic E-state index is -4.95. The topological polar surface area (TPSA) is 237 Å². The largest absolute Gasteiger partial charge is 0.472 e. The lowest BCUT2D eigenvalue weighted by Gasteiger charge is -2.21. The van der Waals surface area contributed by atoms with E-state index < -0.39 is 97.5 Å². The molecule has 0 aliphatic rings. The Morgan fingerprint density at radius 2 is 0.554 bits per heavy atom. The standard InChI is InChI=1S/C73H142O17P2/c1-7-10-12-14-16-18-19-20-21-22-23-24-25-26-27-28-29-30-31-39-45-51-57-72(77)89-68(62-84-71(76)56-50-44-38-33-32-36-42-48-54-66(6)9-3)63-87-91(79,80)85-59-67(74)60-86-92(81,82)88-64-69(61-83-70(75)55-49-43-37-17-15-13-11-8-2)90-73(78)58-52-46-40-34-35-41-47-53-65(4)5/h65-69,74H,7-64H2,1-6H3,(H,79,80)(H,81,82)/t66?,67-,68-,69-/m1/s1. The van der Waals surface area contributed by atoms with E-state index >= 15 is 0 Å². The van der Waals surface area contributed by atoms with Crippen LogP contribution in [0.15, 0.2) is 0 Å². The maximum atomic E-state index is 13.1. The molecule has 3 unspecified atom stereocenters. The van der Waals surface area contributed by atoms with Gasteiger partial charge in [0.2, 0.25) is 0 Å². The van der Waals surface area contributed by atoms with Crippen LogP contribution in [0.4, 0.5) is 0 Å². The lowest BCUT2D eigenvalue weighted by Crippen LogP contribution is -2.30. The zero-order chi connectivity index (χ0) is 67.9. The molecule has 0 aromatic heterocycles. The van der Waals surface area contributed by atoms with E-state index in [0.717, 1.165) is 102 Å². The van der Waals surface area contributed by atoms with Crippen molar-refractivity contribution in [3.63, 3.8) is 0 Å². The molecule has 92 heavy (non-hydrogen) atoms. The molecule has 0 rings (SSSR count). The van der Waals surface area contributed by atoms with E-state index in [4.69, 9.17) is 37.0 Å². The van der Waals surface area contributed by atoms with Gasteiger partial charge >= 0.3 is 39.5 Å². The third-order valence-corrected chi connectivity index (χ3v) is 19.2. The molecule has 0 aliphatic heterocycles. The predicted octanol–water partition coefficient (Wildman–Crippen LogP) is 21.2. The lowest BCUT2D eigenvalue weighted by atomic mass is 9.99. The summed E-state index contributed by atoms with van der Waals surface area (Å²) in [6.45, 7) is 9.47. The van der Waals surface area contributed by atoms with Gasteiger partial charge in [-0.1, -0.05) is 324 Å². The summed E-state index contributed by atoms with van der Waals surface area (Å²) in [6, 6.07) is 0. The first kappa shape index (κ1) is 90.1. The van der Waals surface area contributed by atoms with E-state index in [1.54, 1.807) is 0 Å². The van der Waals surface area contributed by atoms with Crippen molar-refractivity contribution in [3.05, 3.63) is 0 Å². The van der Waals surface area contributed by atoms with E-state index in [-0.39, 0.29) is 25.7 Å². The molecular weight excluding hydrogens is 1210 g/mol. The molecule has 0 radical (unpaired) electrons. The number of unbranched alkanes of at least 4 members (excludes halogenated alkanes) is 41. The summed E-state index contributed by atoms with van der Waals surface area (Å²) in [5, 5.41) is 10.6. The van der Waals surface area contributed by atoms with Gasteiger partial charge in [0.15, 0.2) is 12.2 Å². The summed E-state index contributed by atoms with van der Waals surface area (Å²) in [5.41, 5.74) is 0. The van der Waals surface area contributed by atoms with Gasteiger partial charge in [0, 0.05) is 25.7 Å². The molecule has 0 aromatic rings. The van der Waals surface area contributed by atoms with Crippen LogP contribution in [-0.2, 0) is 65.4 Å². The van der Waals surface area contributed by atoms with Crippen LogP contribution in [0.1, 0.15) is 375 Å². The molecule has 0 spiro atoms. The number of rotatable bonds is 72. The smallest absolute Gasteiger partial charge is 0.462 e. The molecule has 546 valence electrons. The fourth-order valence-corrected chi connectivity index (χ4v) is 12.7. The molecule has 0 aromatic carbocycles. The Balaban J connectivity index is 5.14. The monoisotopic (exact) mass is 1350 g/mol. The van der Waals surface area contributed by atoms with Crippen LogP contribution >= 0.6 is 15.6 Å². The van der Waals surface area contributed by atoms with Crippen molar-refractivity contribution in [2.75, 3.05) is 39.6 Å². The van der Waals surface area contributed by atoms with Crippen LogP contribution < -0.4 is 0 Å². The molecule has 0 fully saturated rings. The zero-order valence-electron chi connectivity index (χ0n) is 59.9. The van der Waals surface area contributed by atoms with Gasteiger partial charge in [-0.2, -0.15) is 0 Å². The minimum Gasteiger partial charge on any atom is -0.462 e. The van der Waals surface area contributed by atoms with Crippen LogP contribution in [0.5, 0.6) is 0 Å². The van der Waals surface area contributed by atoms with Crippen molar-refractivity contribution in [2.24, 2.45) is 11.8 Å². The third-order valence-electron chi connectivity index (χ3n) is 17.3. The van der Waals surface area contributed by atoms with E-state index in [1.807, 2.05) is 0 Å². The highest BCUT2D eigenvalue weighted by Gasteiger charge is 2.30. The summed E-state index contributed by atoms with van der Waals surface area (Å²) in [4.78, 5) is 72.5. The SMILES string of the molecule is CCCCCCCCCCCCCCCCCCCCCCCCC(=O)O[C@H](COC(=O)CCCCCCCCCCC(C)CC)COP(=O)(O)OC[C@@H](O)COP(=O)(O)OC[C@@H](COC(=O)CCCCCCCCCC)OC(=O)CCCCCCCCCC(C)C. The summed E-state index contributed by atoms with van der Waals surface area (Å²) < 4.78 is 68.3.